The van der Waals surface area contributed by atoms with Gasteiger partial charge in [-0.2, -0.15) is 0 Å². The van der Waals surface area contributed by atoms with Crippen LogP contribution in [0.2, 0.25) is 0 Å². The van der Waals surface area contributed by atoms with Crippen LogP contribution in [-0.2, 0) is 0 Å². The molecule has 0 saturated heterocycles. The van der Waals surface area contributed by atoms with Crippen molar-refractivity contribution in [2.24, 2.45) is 0 Å². The number of benzene rings is 1. The molecule has 0 aromatic heterocycles. The molecule has 3 nitrogen and oxygen atoms in total. The molecule has 0 atom stereocenters. The van der Waals surface area contributed by atoms with Crippen LogP contribution in [0.1, 0.15) is 24.5 Å². The summed E-state index contributed by atoms with van der Waals surface area (Å²) in [4.78, 5) is 11.2. The van der Waals surface area contributed by atoms with Crippen molar-refractivity contribution in [1.82, 2.24) is 10.6 Å². The lowest BCUT2D eigenvalue weighted by atomic mass is 10.1. The molecule has 86 valence electrons. The quantitative estimate of drug-likeness (QED) is 0.801. The van der Waals surface area contributed by atoms with Crippen LogP contribution < -0.4 is 10.6 Å². The van der Waals surface area contributed by atoms with Crippen molar-refractivity contribution in [2.75, 3.05) is 6.54 Å². The topological polar surface area (TPSA) is 41.1 Å². The Hall–Kier alpha value is -1.77. The number of carbonyl (C=O) groups is 1. The number of nitrogens with one attached hydrogen (secondary N) is 2. The van der Waals surface area contributed by atoms with Gasteiger partial charge in [0.05, 0.1) is 0 Å². The molecule has 0 heterocycles. The van der Waals surface area contributed by atoms with Gasteiger partial charge < -0.3 is 10.6 Å². The molecular formula is C13H18N2O. The minimum Gasteiger partial charge on any atom is -0.338 e. The summed E-state index contributed by atoms with van der Waals surface area (Å²) in [7, 11) is 0. The SMILES string of the molecule is CCCNC(=O)N/C=C/c1ccc(C)cc1. The maximum atomic E-state index is 11.2. The lowest BCUT2D eigenvalue weighted by Crippen LogP contribution is -2.32. The minimum atomic E-state index is -0.162. The van der Waals surface area contributed by atoms with E-state index in [0.29, 0.717) is 6.54 Å². The first kappa shape index (κ1) is 12.3. The third kappa shape index (κ3) is 4.64. The van der Waals surface area contributed by atoms with E-state index in [0.717, 1.165) is 12.0 Å². The van der Waals surface area contributed by atoms with Crippen molar-refractivity contribution in [3.8, 4) is 0 Å². The molecule has 1 aromatic rings. The van der Waals surface area contributed by atoms with E-state index in [1.807, 2.05) is 44.2 Å². The van der Waals surface area contributed by atoms with Crippen molar-refractivity contribution < 1.29 is 4.79 Å². The molecule has 0 spiro atoms. The standard InChI is InChI=1S/C13H18N2O/c1-3-9-14-13(16)15-10-8-12-6-4-11(2)5-7-12/h4-8,10H,3,9H2,1-2H3,(H2,14,15,16)/b10-8+. The number of urea groups is 1. The van der Waals surface area contributed by atoms with Crippen molar-refractivity contribution in [2.45, 2.75) is 20.3 Å². The molecule has 0 radical (unpaired) electrons. The molecule has 3 heteroatoms. The lowest BCUT2D eigenvalue weighted by Gasteiger charge is -2.01. The number of rotatable bonds is 4. The predicted octanol–water partition coefficient (Wildman–Crippen LogP) is 2.67. The van der Waals surface area contributed by atoms with Crippen LogP contribution >= 0.6 is 0 Å². The Labute approximate surface area is 96.6 Å². The first-order chi connectivity index (χ1) is 7.72. The second kappa shape index (κ2) is 6.67. The van der Waals surface area contributed by atoms with Crippen molar-refractivity contribution in [3.05, 3.63) is 41.6 Å². The number of aryl methyl sites for hydroxylation is 1. The normalized spacial score (nSPS) is 10.4. The average Bonchev–Trinajstić information content (AvgIpc) is 2.29. The number of carbonyl (C=O) groups excluding carboxylic acids is 1. The molecule has 0 fully saturated rings. The minimum absolute atomic E-state index is 0.162. The third-order valence-corrected chi connectivity index (χ3v) is 2.10. The van der Waals surface area contributed by atoms with Gasteiger partial charge in [0, 0.05) is 12.7 Å². The Kier molecular flexibility index (Phi) is 5.12. The van der Waals surface area contributed by atoms with E-state index in [2.05, 4.69) is 10.6 Å². The summed E-state index contributed by atoms with van der Waals surface area (Å²) < 4.78 is 0. The van der Waals surface area contributed by atoms with Gasteiger partial charge in [-0.05, 0) is 25.0 Å². The molecule has 0 aliphatic carbocycles. The van der Waals surface area contributed by atoms with Gasteiger partial charge in [-0.1, -0.05) is 36.8 Å². The van der Waals surface area contributed by atoms with Crippen molar-refractivity contribution >= 4 is 12.1 Å². The molecule has 0 bridgehead atoms. The van der Waals surface area contributed by atoms with E-state index in [-0.39, 0.29) is 6.03 Å². The molecule has 0 aliphatic rings. The molecule has 0 saturated carbocycles. The first-order valence-corrected chi connectivity index (χ1v) is 5.50. The molecule has 1 aromatic carbocycles. The van der Waals surface area contributed by atoms with E-state index in [1.54, 1.807) is 6.20 Å². The maximum Gasteiger partial charge on any atom is 0.318 e. The Morgan fingerprint density at radius 3 is 2.62 bits per heavy atom. The van der Waals surface area contributed by atoms with Crippen LogP contribution in [0.4, 0.5) is 4.79 Å². The van der Waals surface area contributed by atoms with Crippen LogP contribution in [0.5, 0.6) is 0 Å². The maximum absolute atomic E-state index is 11.2. The number of hydrogen-bond acceptors (Lipinski definition) is 1. The molecule has 1 rings (SSSR count). The van der Waals surface area contributed by atoms with Crippen LogP contribution in [0.25, 0.3) is 6.08 Å². The summed E-state index contributed by atoms with van der Waals surface area (Å²) in [6.07, 6.45) is 4.45. The lowest BCUT2D eigenvalue weighted by molar-refractivity contribution is 0.244. The van der Waals surface area contributed by atoms with Gasteiger partial charge >= 0.3 is 6.03 Å². The smallest absolute Gasteiger partial charge is 0.318 e. The summed E-state index contributed by atoms with van der Waals surface area (Å²) in [5.74, 6) is 0. The van der Waals surface area contributed by atoms with Gasteiger partial charge in [-0.25, -0.2) is 4.79 Å². The van der Waals surface area contributed by atoms with Gasteiger partial charge in [0.15, 0.2) is 0 Å². The van der Waals surface area contributed by atoms with E-state index >= 15 is 0 Å². The predicted molar refractivity (Wildman–Crippen MR) is 67.0 cm³/mol. The highest BCUT2D eigenvalue weighted by molar-refractivity contribution is 5.75. The fraction of sp³-hybridized carbons (Fsp3) is 0.308. The Morgan fingerprint density at radius 2 is 2.00 bits per heavy atom. The van der Waals surface area contributed by atoms with Crippen molar-refractivity contribution in [3.63, 3.8) is 0 Å². The zero-order chi connectivity index (χ0) is 11.8. The monoisotopic (exact) mass is 218 g/mol. The molecule has 2 N–H and O–H groups in total. The van der Waals surface area contributed by atoms with Gasteiger partial charge in [0.25, 0.3) is 0 Å². The second-order valence-electron chi connectivity index (χ2n) is 3.64. The average molecular weight is 218 g/mol. The van der Waals surface area contributed by atoms with Gasteiger partial charge in [-0.3, -0.25) is 0 Å². The molecule has 0 aliphatic heterocycles. The highest BCUT2D eigenvalue weighted by Crippen LogP contribution is 2.03. The summed E-state index contributed by atoms with van der Waals surface area (Å²) in [6.45, 7) is 4.76. The van der Waals surface area contributed by atoms with E-state index < -0.39 is 0 Å². The number of amides is 2. The fourth-order valence-corrected chi connectivity index (χ4v) is 1.18. The molecule has 16 heavy (non-hydrogen) atoms. The molecular weight excluding hydrogens is 200 g/mol. The number of hydrogen-bond donors (Lipinski definition) is 2. The van der Waals surface area contributed by atoms with Crippen LogP contribution in [0, 0.1) is 6.92 Å². The second-order valence-corrected chi connectivity index (χ2v) is 3.64. The van der Waals surface area contributed by atoms with E-state index in [9.17, 15) is 4.79 Å². The highest BCUT2D eigenvalue weighted by atomic mass is 16.2. The van der Waals surface area contributed by atoms with Gasteiger partial charge in [0.2, 0.25) is 0 Å². The zero-order valence-corrected chi connectivity index (χ0v) is 9.79. The fourth-order valence-electron chi connectivity index (χ4n) is 1.18. The first-order valence-electron chi connectivity index (χ1n) is 5.50. The van der Waals surface area contributed by atoms with E-state index in [4.69, 9.17) is 0 Å². The summed E-state index contributed by atoms with van der Waals surface area (Å²) >= 11 is 0. The van der Waals surface area contributed by atoms with Gasteiger partial charge in [0.1, 0.15) is 0 Å². The third-order valence-electron chi connectivity index (χ3n) is 2.10. The Balaban J connectivity index is 2.37. The Bertz CT molecular complexity index is 355. The van der Waals surface area contributed by atoms with Crippen LogP contribution in [0.15, 0.2) is 30.5 Å². The largest absolute Gasteiger partial charge is 0.338 e. The summed E-state index contributed by atoms with van der Waals surface area (Å²) in [6, 6.07) is 7.94. The van der Waals surface area contributed by atoms with E-state index in [1.165, 1.54) is 5.56 Å². The Morgan fingerprint density at radius 1 is 1.31 bits per heavy atom. The molecule has 0 unspecified atom stereocenters. The summed E-state index contributed by atoms with van der Waals surface area (Å²) in [5.41, 5.74) is 2.30. The van der Waals surface area contributed by atoms with Crippen molar-refractivity contribution in [1.29, 1.82) is 0 Å². The van der Waals surface area contributed by atoms with Gasteiger partial charge in [-0.15, -0.1) is 0 Å². The zero-order valence-electron chi connectivity index (χ0n) is 9.79. The summed E-state index contributed by atoms with van der Waals surface area (Å²) in [5, 5.41) is 5.38. The highest BCUT2D eigenvalue weighted by Gasteiger charge is 1.93. The van der Waals surface area contributed by atoms with Crippen LogP contribution in [0.3, 0.4) is 0 Å². The van der Waals surface area contributed by atoms with Crippen LogP contribution in [-0.4, -0.2) is 12.6 Å². The molecule has 2 amide bonds.